The molecule has 1 heterocycles. The Labute approximate surface area is 107 Å². The third-order valence-electron chi connectivity index (χ3n) is 2.00. The van der Waals surface area contributed by atoms with Crippen LogP contribution in [0.4, 0.5) is 0 Å². The molecule has 0 spiro atoms. The quantitative estimate of drug-likeness (QED) is 0.890. The summed E-state index contributed by atoms with van der Waals surface area (Å²) in [6.45, 7) is 7.10. The minimum Gasteiger partial charge on any atom is -0.327 e. The van der Waals surface area contributed by atoms with Crippen LogP contribution in [0.3, 0.4) is 0 Å². The van der Waals surface area contributed by atoms with Gasteiger partial charge in [-0.05, 0) is 25.6 Å². The van der Waals surface area contributed by atoms with Gasteiger partial charge in [0.05, 0.1) is 4.34 Å². The van der Waals surface area contributed by atoms with Gasteiger partial charge in [0.2, 0.25) is 0 Å². The number of hydrogen-bond acceptors (Lipinski definition) is 3. The first-order chi connectivity index (χ1) is 6.61. The highest BCUT2D eigenvalue weighted by Gasteiger charge is 2.07. The van der Waals surface area contributed by atoms with E-state index in [2.05, 4.69) is 17.9 Å². The molecule has 0 aliphatic heterocycles. The Kier molecular flexibility index (Phi) is 7.57. The van der Waals surface area contributed by atoms with Crippen molar-refractivity contribution in [1.82, 2.24) is 4.90 Å². The minimum absolute atomic E-state index is 0. The number of nitrogens with two attached hydrogens (primary N) is 1. The summed E-state index contributed by atoms with van der Waals surface area (Å²) in [5.41, 5.74) is 5.76. The Morgan fingerprint density at radius 2 is 2.20 bits per heavy atom. The van der Waals surface area contributed by atoms with Gasteiger partial charge in [0.15, 0.2) is 0 Å². The van der Waals surface area contributed by atoms with Crippen LogP contribution in [0.1, 0.15) is 18.7 Å². The van der Waals surface area contributed by atoms with Crippen molar-refractivity contribution in [2.45, 2.75) is 26.4 Å². The summed E-state index contributed by atoms with van der Waals surface area (Å²) in [6, 6.07) is 4.25. The molecule has 1 aromatic rings. The Morgan fingerprint density at radius 3 is 2.60 bits per heavy atom. The van der Waals surface area contributed by atoms with Gasteiger partial charge >= 0.3 is 0 Å². The zero-order valence-corrected chi connectivity index (χ0v) is 11.5. The molecule has 5 heteroatoms. The first-order valence-electron chi connectivity index (χ1n) is 4.84. The zero-order valence-electron chi connectivity index (χ0n) is 9.07. The van der Waals surface area contributed by atoms with E-state index in [0.29, 0.717) is 0 Å². The molecule has 0 aromatic carbocycles. The van der Waals surface area contributed by atoms with Crippen molar-refractivity contribution in [2.24, 2.45) is 5.73 Å². The van der Waals surface area contributed by atoms with Crippen LogP contribution in [-0.4, -0.2) is 24.0 Å². The first kappa shape index (κ1) is 15.2. The van der Waals surface area contributed by atoms with Crippen LogP contribution in [0.25, 0.3) is 0 Å². The number of thiophene rings is 1. The summed E-state index contributed by atoms with van der Waals surface area (Å²) in [6.07, 6.45) is 0. The maximum atomic E-state index is 5.87. The number of nitrogens with zero attached hydrogens (tertiary/aromatic N) is 1. The van der Waals surface area contributed by atoms with Crippen molar-refractivity contribution in [3.05, 3.63) is 21.3 Å². The molecule has 0 amide bonds. The smallest absolute Gasteiger partial charge is 0.0931 e. The van der Waals surface area contributed by atoms with E-state index in [1.807, 2.05) is 13.0 Å². The van der Waals surface area contributed by atoms with E-state index < -0.39 is 0 Å². The van der Waals surface area contributed by atoms with E-state index in [9.17, 15) is 0 Å². The molecule has 1 atom stereocenters. The SMILES string of the molecule is CCN(Cc1ccc(Cl)s1)CC(C)N.Cl. The zero-order chi connectivity index (χ0) is 10.6. The van der Waals surface area contributed by atoms with Gasteiger partial charge in [-0.2, -0.15) is 0 Å². The molecule has 0 aliphatic rings. The second-order valence-electron chi connectivity index (χ2n) is 3.51. The number of likely N-dealkylation sites (N-methyl/N-ethyl adjacent to an activating group) is 1. The fraction of sp³-hybridized carbons (Fsp3) is 0.600. The van der Waals surface area contributed by atoms with E-state index >= 15 is 0 Å². The minimum atomic E-state index is 0. The topological polar surface area (TPSA) is 29.3 Å². The van der Waals surface area contributed by atoms with Gasteiger partial charge in [-0.25, -0.2) is 0 Å². The van der Waals surface area contributed by atoms with Crippen LogP contribution < -0.4 is 5.73 Å². The second-order valence-corrected chi connectivity index (χ2v) is 5.31. The maximum absolute atomic E-state index is 5.87. The van der Waals surface area contributed by atoms with E-state index in [0.717, 1.165) is 24.0 Å². The first-order valence-corrected chi connectivity index (χ1v) is 6.03. The lowest BCUT2D eigenvalue weighted by molar-refractivity contribution is 0.269. The monoisotopic (exact) mass is 268 g/mol. The third-order valence-corrected chi connectivity index (χ3v) is 3.22. The normalized spacial score (nSPS) is 12.6. The molecule has 1 unspecified atom stereocenters. The van der Waals surface area contributed by atoms with Gasteiger partial charge in [0.1, 0.15) is 0 Å². The molecule has 15 heavy (non-hydrogen) atoms. The lowest BCUT2D eigenvalue weighted by atomic mass is 10.3. The molecule has 0 bridgehead atoms. The molecule has 0 saturated carbocycles. The Bertz CT molecular complexity index is 276. The number of rotatable bonds is 5. The summed E-state index contributed by atoms with van der Waals surface area (Å²) in [5, 5.41) is 0. The molecule has 0 aliphatic carbocycles. The van der Waals surface area contributed by atoms with Crippen LogP contribution in [0, 0.1) is 0 Å². The Balaban J connectivity index is 0.00000196. The van der Waals surface area contributed by atoms with Gasteiger partial charge in [0.25, 0.3) is 0 Å². The van der Waals surface area contributed by atoms with Crippen molar-refractivity contribution in [3.63, 3.8) is 0 Å². The maximum Gasteiger partial charge on any atom is 0.0931 e. The molecule has 0 radical (unpaired) electrons. The van der Waals surface area contributed by atoms with Crippen molar-refractivity contribution >= 4 is 35.3 Å². The van der Waals surface area contributed by atoms with Crippen LogP contribution in [-0.2, 0) is 6.54 Å². The largest absolute Gasteiger partial charge is 0.327 e. The highest BCUT2D eigenvalue weighted by Crippen LogP contribution is 2.22. The Hall–Kier alpha value is 0.200. The molecular weight excluding hydrogens is 251 g/mol. The molecule has 1 rings (SSSR count). The van der Waals surface area contributed by atoms with Gasteiger partial charge in [-0.3, -0.25) is 4.90 Å². The van der Waals surface area contributed by atoms with Crippen LogP contribution >= 0.6 is 35.3 Å². The highest BCUT2D eigenvalue weighted by molar-refractivity contribution is 7.16. The molecule has 0 saturated heterocycles. The molecule has 2 N–H and O–H groups in total. The standard InChI is InChI=1S/C10H17ClN2S.ClH/c1-3-13(6-8(2)12)7-9-4-5-10(11)14-9;/h4-5,8H,3,6-7,12H2,1-2H3;1H. The van der Waals surface area contributed by atoms with Crippen molar-refractivity contribution in [2.75, 3.05) is 13.1 Å². The fourth-order valence-electron chi connectivity index (χ4n) is 1.37. The summed E-state index contributed by atoms with van der Waals surface area (Å²) in [7, 11) is 0. The molecule has 1 aromatic heterocycles. The van der Waals surface area contributed by atoms with E-state index in [1.54, 1.807) is 11.3 Å². The predicted molar refractivity (Wildman–Crippen MR) is 71.2 cm³/mol. The summed E-state index contributed by atoms with van der Waals surface area (Å²) < 4.78 is 0.858. The van der Waals surface area contributed by atoms with Crippen LogP contribution in [0.2, 0.25) is 4.34 Å². The predicted octanol–water partition coefficient (Wildman–Crippen LogP) is 2.99. The highest BCUT2D eigenvalue weighted by atomic mass is 35.5. The van der Waals surface area contributed by atoms with Gasteiger partial charge in [0, 0.05) is 24.0 Å². The van der Waals surface area contributed by atoms with Gasteiger partial charge in [-0.1, -0.05) is 18.5 Å². The average molecular weight is 269 g/mol. The summed E-state index contributed by atoms with van der Waals surface area (Å²) in [5.74, 6) is 0. The summed E-state index contributed by atoms with van der Waals surface area (Å²) in [4.78, 5) is 3.63. The van der Waals surface area contributed by atoms with E-state index in [4.69, 9.17) is 17.3 Å². The fourth-order valence-corrected chi connectivity index (χ4v) is 2.50. The molecule has 2 nitrogen and oxygen atoms in total. The van der Waals surface area contributed by atoms with E-state index in [1.165, 1.54) is 4.88 Å². The number of hydrogen-bond donors (Lipinski definition) is 1. The van der Waals surface area contributed by atoms with Gasteiger partial charge < -0.3 is 5.73 Å². The lowest BCUT2D eigenvalue weighted by Gasteiger charge is -2.21. The molecule has 0 fully saturated rings. The Morgan fingerprint density at radius 1 is 1.53 bits per heavy atom. The number of halogens is 2. The van der Waals surface area contributed by atoms with Crippen molar-refractivity contribution in [1.29, 1.82) is 0 Å². The van der Waals surface area contributed by atoms with Crippen LogP contribution in [0.5, 0.6) is 0 Å². The molecular formula is C10H18Cl2N2S. The van der Waals surface area contributed by atoms with Crippen molar-refractivity contribution < 1.29 is 0 Å². The van der Waals surface area contributed by atoms with Crippen LogP contribution in [0.15, 0.2) is 12.1 Å². The third kappa shape index (κ3) is 5.73. The average Bonchev–Trinajstić information content (AvgIpc) is 2.49. The molecule has 88 valence electrons. The van der Waals surface area contributed by atoms with Crippen molar-refractivity contribution in [3.8, 4) is 0 Å². The van der Waals surface area contributed by atoms with E-state index in [-0.39, 0.29) is 18.4 Å². The lowest BCUT2D eigenvalue weighted by Crippen LogP contribution is -2.34. The van der Waals surface area contributed by atoms with Gasteiger partial charge in [-0.15, -0.1) is 23.7 Å². The second kappa shape index (κ2) is 7.47. The summed E-state index contributed by atoms with van der Waals surface area (Å²) >= 11 is 7.51.